The summed E-state index contributed by atoms with van der Waals surface area (Å²) in [6, 6.07) is 5.17. The zero-order valence-corrected chi connectivity index (χ0v) is 12.3. The number of nitrogens with zero attached hydrogens (tertiary/aromatic N) is 2. The van der Waals surface area contributed by atoms with Gasteiger partial charge in [-0.25, -0.2) is 4.68 Å². The second-order valence-corrected chi connectivity index (χ2v) is 4.98. The predicted octanol–water partition coefficient (Wildman–Crippen LogP) is 3.62. The van der Waals surface area contributed by atoms with Crippen molar-refractivity contribution in [2.45, 2.75) is 33.5 Å². The predicted molar refractivity (Wildman–Crippen MR) is 75.4 cm³/mol. The van der Waals surface area contributed by atoms with Crippen molar-refractivity contribution in [3.63, 3.8) is 0 Å². The van der Waals surface area contributed by atoms with Crippen LogP contribution in [0.1, 0.15) is 29.3 Å². The van der Waals surface area contributed by atoms with Crippen LogP contribution < -0.4 is 5.32 Å². The average molecular weight is 297 g/mol. The maximum absolute atomic E-state index is 13.3. The van der Waals surface area contributed by atoms with Crippen LogP contribution in [-0.4, -0.2) is 16.3 Å². The van der Waals surface area contributed by atoms with E-state index in [9.17, 15) is 13.2 Å². The van der Waals surface area contributed by atoms with Gasteiger partial charge < -0.3 is 5.32 Å². The van der Waals surface area contributed by atoms with E-state index >= 15 is 0 Å². The van der Waals surface area contributed by atoms with Gasteiger partial charge in [0.05, 0.1) is 11.9 Å². The number of aromatic nitrogens is 2. The Morgan fingerprint density at radius 3 is 2.48 bits per heavy atom. The molecule has 0 radical (unpaired) electrons. The summed E-state index contributed by atoms with van der Waals surface area (Å²) in [4.78, 5) is 0. The van der Waals surface area contributed by atoms with E-state index in [0.717, 1.165) is 15.8 Å². The van der Waals surface area contributed by atoms with E-state index in [-0.39, 0.29) is 12.1 Å². The molecule has 2 rings (SSSR count). The summed E-state index contributed by atoms with van der Waals surface area (Å²) in [6.07, 6.45) is -3.17. The molecule has 0 unspecified atom stereocenters. The molecule has 6 heteroatoms. The fraction of sp³-hybridized carbons (Fsp3) is 0.400. The van der Waals surface area contributed by atoms with Gasteiger partial charge in [-0.2, -0.15) is 18.3 Å². The van der Waals surface area contributed by atoms with Gasteiger partial charge in [-0.3, -0.25) is 0 Å². The zero-order valence-electron chi connectivity index (χ0n) is 12.3. The fourth-order valence-electron chi connectivity index (χ4n) is 2.13. The molecule has 21 heavy (non-hydrogen) atoms. The number of aryl methyl sites for hydroxylation is 2. The average Bonchev–Trinajstić information content (AvgIpc) is 2.83. The lowest BCUT2D eigenvalue weighted by Gasteiger charge is -2.14. The quantitative estimate of drug-likeness (QED) is 0.934. The Labute approximate surface area is 121 Å². The summed E-state index contributed by atoms with van der Waals surface area (Å²) >= 11 is 0. The Morgan fingerprint density at radius 1 is 1.19 bits per heavy atom. The van der Waals surface area contributed by atoms with Crippen molar-refractivity contribution in [3.8, 4) is 5.69 Å². The molecule has 1 N–H and O–H groups in total. The van der Waals surface area contributed by atoms with Crippen LogP contribution in [0, 0.1) is 13.8 Å². The van der Waals surface area contributed by atoms with Crippen LogP contribution in [0.5, 0.6) is 0 Å². The molecule has 0 saturated heterocycles. The normalized spacial score (nSPS) is 11.9. The van der Waals surface area contributed by atoms with Crippen LogP contribution in [0.2, 0.25) is 0 Å². The zero-order chi connectivity index (χ0) is 15.6. The first-order valence-electron chi connectivity index (χ1n) is 6.77. The summed E-state index contributed by atoms with van der Waals surface area (Å²) < 4.78 is 41.0. The van der Waals surface area contributed by atoms with Crippen molar-refractivity contribution in [2.75, 3.05) is 6.54 Å². The number of halogens is 3. The standard InChI is InChI=1S/C15H18F3N3/c1-4-19-8-12-9-20-21(14(12)15(16,17)18)13-6-5-10(2)11(3)7-13/h5-7,9,19H,4,8H2,1-3H3. The maximum Gasteiger partial charge on any atom is 0.433 e. The first-order valence-corrected chi connectivity index (χ1v) is 6.77. The largest absolute Gasteiger partial charge is 0.433 e. The number of hydrogen-bond acceptors (Lipinski definition) is 2. The Balaban J connectivity index is 2.52. The lowest BCUT2D eigenvalue weighted by molar-refractivity contribution is -0.143. The number of alkyl halides is 3. The lowest BCUT2D eigenvalue weighted by Crippen LogP contribution is -2.19. The highest BCUT2D eigenvalue weighted by Gasteiger charge is 2.38. The van der Waals surface area contributed by atoms with Crippen LogP contribution in [0.15, 0.2) is 24.4 Å². The van der Waals surface area contributed by atoms with Gasteiger partial charge in [-0.05, 0) is 43.7 Å². The SMILES string of the molecule is CCNCc1cnn(-c2ccc(C)c(C)c2)c1C(F)(F)F. The molecule has 1 aromatic heterocycles. The summed E-state index contributed by atoms with van der Waals surface area (Å²) in [5, 5.41) is 6.84. The van der Waals surface area contributed by atoms with Gasteiger partial charge in [0.1, 0.15) is 0 Å². The summed E-state index contributed by atoms with van der Waals surface area (Å²) in [7, 11) is 0. The Morgan fingerprint density at radius 2 is 1.90 bits per heavy atom. The highest BCUT2D eigenvalue weighted by molar-refractivity contribution is 5.41. The molecule has 0 bridgehead atoms. The molecule has 0 aliphatic carbocycles. The highest BCUT2D eigenvalue weighted by atomic mass is 19.4. The van der Waals surface area contributed by atoms with Crippen LogP contribution in [0.3, 0.4) is 0 Å². The van der Waals surface area contributed by atoms with Crippen molar-refractivity contribution in [1.82, 2.24) is 15.1 Å². The van der Waals surface area contributed by atoms with Gasteiger partial charge >= 0.3 is 6.18 Å². The van der Waals surface area contributed by atoms with Crippen LogP contribution >= 0.6 is 0 Å². The molecule has 0 spiro atoms. The highest BCUT2D eigenvalue weighted by Crippen LogP contribution is 2.33. The van der Waals surface area contributed by atoms with Crippen LogP contribution in [0.25, 0.3) is 5.69 Å². The monoisotopic (exact) mass is 297 g/mol. The van der Waals surface area contributed by atoms with Gasteiger partial charge in [0, 0.05) is 12.1 Å². The number of benzene rings is 1. The number of hydrogen-bond donors (Lipinski definition) is 1. The molecule has 0 amide bonds. The first-order chi connectivity index (χ1) is 9.84. The van der Waals surface area contributed by atoms with Crippen LogP contribution in [0.4, 0.5) is 13.2 Å². The topological polar surface area (TPSA) is 29.9 Å². The van der Waals surface area contributed by atoms with Gasteiger partial charge in [-0.1, -0.05) is 13.0 Å². The Kier molecular flexibility index (Phi) is 4.37. The molecule has 1 heterocycles. The second kappa shape index (κ2) is 5.89. The van der Waals surface area contributed by atoms with Gasteiger partial charge in [0.2, 0.25) is 0 Å². The molecule has 0 aliphatic rings. The number of rotatable bonds is 4. The minimum atomic E-state index is -4.44. The third-order valence-corrected chi connectivity index (χ3v) is 3.41. The molecule has 3 nitrogen and oxygen atoms in total. The van der Waals surface area contributed by atoms with Crippen molar-refractivity contribution in [3.05, 3.63) is 46.8 Å². The minimum Gasteiger partial charge on any atom is -0.313 e. The molecule has 1 aromatic carbocycles. The van der Waals surface area contributed by atoms with Gasteiger partial charge in [0.25, 0.3) is 0 Å². The molecular weight excluding hydrogens is 279 g/mol. The van der Waals surface area contributed by atoms with Crippen molar-refractivity contribution in [2.24, 2.45) is 0 Å². The van der Waals surface area contributed by atoms with E-state index in [2.05, 4.69) is 10.4 Å². The van der Waals surface area contributed by atoms with E-state index in [1.165, 1.54) is 6.20 Å². The summed E-state index contributed by atoms with van der Waals surface area (Å²) in [5.41, 5.74) is 1.83. The lowest BCUT2D eigenvalue weighted by atomic mass is 10.1. The molecule has 114 valence electrons. The molecule has 0 aliphatic heterocycles. The Hall–Kier alpha value is -1.82. The fourth-order valence-corrected chi connectivity index (χ4v) is 2.13. The van der Waals surface area contributed by atoms with E-state index in [1.54, 1.807) is 18.2 Å². The first kappa shape index (κ1) is 15.6. The van der Waals surface area contributed by atoms with Crippen molar-refractivity contribution in [1.29, 1.82) is 0 Å². The van der Waals surface area contributed by atoms with Crippen molar-refractivity contribution >= 4 is 0 Å². The third-order valence-electron chi connectivity index (χ3n) is 3.41. The van der Waals surface area contributed by atoms with E-state index < -0.39 is 11.9 Å². The van der Waals surface area contributed by atoms with Gasteiger partial charge in [0.15, 0.2) is 5.69 Å². The number of nitrogens with one attached hydrogen (secondary N) is 1. The Bertz CT molecular complexity index is 630. The van der Waals surface area contributed by atoms with Crippen molar-refractivity contribution < 1.29 is 13.2 Å². The summed E-state index contributed by atoms with van der Waals surface area (Å²) in [6.45, 7) is 6.39. The molecule has 0 atom stereocenters. The van der Waals surface area contributed by atoms with Gasteiger partial charge in [-0.15, -0.1) is 0 Å². The van der Waals surface area contributed by atoms with Crippen LogP contribution in [-0.2, 0) is 12.7 Å². The van der Waals surface area contributed by atoms with E-state index in [4.69, 9.17) is 0 Å². The summed E-state index contributed by atoms with van der Waals surface area (Å²) in [5.74, 6) is 0. The van der Waals surface area contributed by atoms with E-state index in [0.29, 0.717) is 12.2 Å². The third kappa shape index (κ3) is 3.26. The second-order valence-electron chi connectivity index (χ2n) is 4.98. The molecular formula is C15H18F3N3. The molecule has 2 aromatic rings. The molecule has 0 saturated carbocycles. The minimum absolute atomic E-state index is 0.149. The maximum atomic E-state index is 13.3. The smallest absolute Gasteiger partial charge is 0.313 e. The molecule has 0 fully saturated rings. The van der Waals surface area contributed by atoms with E-state index in [1.807, 2.05) is 20.8 Å².